The van der Waals surface area contributed by atoms with Gasteiger partial charge >= 0.3 is 59.1 Å². The van der Waals surface area contributed by atoms with E-state index in [1.165, 1.54) is 103 Å². The van der Waals surface area contributed by atoms with Crippen LogP contribution < -0.4 is 69.3 Å². The molecule has 0 unspecified atom stereocenters. The van der Waals surface area contributed by atoms with Gasteiger partial charge < -0.3 is 24.9 Å². The van der Waals surface area contributed by atoms with Crippen molar-refractivity contribution in [1.29, 1.82) is 0 Å². The maximum Gasteiger partial charge on any atom is 1.00 e. The number of carbonyl (C=O) groups excluding carboxylic acids is 2. The van der Waals surface area contributed by atoms with E-state index in [9.17, 15) is 24.9 Å². The predicted octanol–water partition coefficient (Wildman–Crippen LogP) is 2.75. The summed E-state index contributed by atoms with van der Waals surface area (Å²) in [5.41, 5.74) is 0. The molecule has 0 heterocycles. The number of carboxylic acids is 2. The van der Waals surface area contributed by atoms with Gasteiger partial charge in [-0.3, -0.25) is 0 Å². The Labute approximate surface area is 311 Å². The topological polar surface area (TPSA) is 100 Å². The Bertz CT molecular complexity index is 572. The molecule has 43 heavy (non-hydrogen) atoms. The van der Waals surface area contributed by atoms with E-state index in [1.54, 1.807) is 0 Å². The second-order valence-corrected chi connectivity index (χ2v) is 12.0. The number of allylic oxidation sites excluding steroid dienone is 1. The second-order valence-electron chi connectivity index (χ2n) is 12.0. The average molecular weight is 627 g/mol. The van der Waals surface area contributed by atoms with Gasteiger partial charge in [0.15, 0.2) is 0 Å². The molecule has 0 aliphatic heterocycles. The third-order valence-corrected chi connectivity index (χ3v) is 7.70. The number of hydrogen-bond donors (Lipinski definition) is 1. The minimum Gasteiger partial charge on any atom is -0.550 e. The summed E-state index contributed by atoms with van der Waals surface area (Å²) >= 11 is 0. The van der Waals surface area contributed by atoms with Crippen LogP contribution in [0, 0.1) is 0 Å². The SMILES string of the molecule is CCCCCCCCCCCCCCCCCC(=O)[O-].CCCCCC[C@@H](O)C/C=C\CCCCCCCC(=O)[O-].[Na+].[Na+]. The van der Waals surface area contributed by atoms with Gasteiger partial charge in [0.05, 0.1) is 6.10 Å². The van der Waals surface area contributed by atoms with E-state index in [2.05, 4.69) is 26.0 Å². The van der Waals surface area contributed by atoms with Crippen molar-refractivity contribution >= 4 is 11.9 Å². The second kappa shape index (κ2) is 44.8. The van der Waals surface area contributed by atoms with Gasteiger partial charge in [-0.25, -0.2) is 0 Å². The van der Waals surface area contributed by atoms with E-state index >= 15 is 0 Å². The molecule has 0 aromatic carbocycles. The summed E-state index contributed by atoms with van der Waals surface area (Å²) in [5, 5.41) is 30.2. The Morgan fingerprint density at radius 3 is 1.21 bits per heavy atom. The van der Waals surface area contributed by atoms with Crippen LogP contribution in [0.1, 0.15) is 200 Å². The largest absolute Gasteiger partial charge is 1.00 e. The molecule has 0 spiro atoms. The van der Waals surface area contributed by atoms with E-state index in [-0.39, 0.29) is 78.1 Å². The number of unbranched alkanes of at least 4 members (excludes halogenated alkanes) is 22. The van der Waals surface area contributed by atoms with Gasteiger partial charge in [0.2, 0.25) is 0 Å². The van der Waals surface area contributed by atoms with Crippen LogP contribution in [-0.2, 0) is 9.59 Å². The molecule has 0 fully saturated rings. The van der Waals surface area contributed by atoms with Gasteiger partial charge in [-0.15, -0.1) is 0 Å². The van der Waals surface area contributed by atoms with Crippen LogP contribution >= 0.6 is 0 Å². The van der Waals surface area contributed by atoms with Gasteiger partial charge in [-0.1, -0.05) is 161 Å². The minimum atomic E-state index is -0.939. The summed E-state index contributed by atoms with van der Waals surface area (Å²) in [7, 11) is 0. The summed E-state index contributed by atoms with van der Waals surface area (Å²) in [4.78, 5) is 20.4. The average Bonchev–Trinajstić information content (AvgIpc) is 2.94. The fourth-order valence-corrected chi connectivity index (χ4v) is 5.00. The Morgan fingerprint density at radius 2 is 0.837 bits per heavy atom. The number of aliphatic hydroxyl groups is 1. The minimum absolute atomic E-state index is 0. The molecule has 5 nitrogen and oxygen atoms in total. The van der Waals surface area contributed by atoms with Gasteiger partial charge in [0.1, 0.15) is 0 Å². The molecule has 1 atom stereocenters. The fourth-order valence-electron chi connectivity index (χ4n) is 5.00. The molecule has 0 saturated carbocycles. The number of hydrogen-bond acceptors (Lipinski definition) is 5. The molecule has 0 radical (unpaired) electrons. The van der Waals surface area contributed by atoms with E-state index < -0.39 is 11.9 Å². The Balaban J connectivity index is -0.000000338. The Morgan fingerprint density at radius 1 is 0.512 bits per heavy atom. The van der Waals surface area contributed by atoms with Gasteiger partial charge in [0.25, 0.3) is 0 Å². The smallest absolute Gasteiger partial charge is 0.550 e. The summed E-state index contributed by atoms with van der Waals surface area (Å²) < 4.78 is 0. The zero-order valence-electron chi connectivity index (χ0n) is 29.3. The van der Waals surface area contributed by atoms with Crippen molar-refractivity contribution in [2.75, 3.05) is 0 Å². The molecule has 0 rings (SSSR count). The molecular formula is C36H68Na2O5. The molecule has 0 bridgehead atoms. The summed E-state index contributed by atoms with van der Waals surface area (Å²) in [6.45, 7) is 4.46. The first-order valence-electron chi connectivity index (χ1n) is 17.7. The van der Waals surface area contributed by atoms with E-state index in [0.717, 1.165) is 70.6 Å². The van der Waals surface area contributed by atoms with Crippen molar-refractivity contribution in [2.45, 2.75) is 206 Å². The van der Waals surface area contributed by atoms with Crippen LogP contribution in [0.5, 0.6) is 0 Å². The van der Waals surface area contributed by atoms with Crippen molar-refractivity contribution in [3.05, 3.63) is 12.2 Å². The molecule has 0 aliphatic carbocycles. The molecule has 0 aromatic rings. The monoisotopic (exact) mass is 626 g/mol. The Kier molecular flexibility index (Phi) is 52.6. The summed E-state index contributed by atoms with van der Waals surface area (Å²) in [6, 6.07) is 0. The van der Waals surface area contributed by atoms with Crippen LogP contribution in [0.25, 0.3) is 0 Å². The third-order valence-electron chi connectivity index (χ3n) is 7.70. The number of carbonyl (C=O) groups is 2. The first-order valence-corrected chi connectivity index (χ1v) is 17.7. The zero-order chi connectivity index (χ0) is 30.7. The first kappa shape index (κ1) is 50.5. The quantitative estimate of drug-likeness (QED) is 0.0725. The van der Waals surface area contributed by atoms with Crippen LogP contribution in [0.15, 0.2) is 12.2 Å². The molecule has 0 aliphatic rings. The van der Waals surface area contributed by atoms with E-state index in [0.29, 0.717) is 0 Å². The van der Waals surface area contributed by atoms with Crippen molar-refractivity contribution in [3.8, 4) is 0 Å². The number of aliphatic hydroxyl groups excluding tert-OH is 1. The van der Waals surface area contributed by atoms with Crippen molar-refractivity contribution in [3.63, 3.8) is 0 Å². The van der Waals surface area contributed by atoms with Crippen molar-refractivity contribution < 1.29 is 84.0 Å². The van der Waals surface area contributed by atoms with E-state index in [4.69, 9.17) is 0 Å². The molecule has 1 N–H and O–H groups in total. The maximum absolute atomic E-state index is 10.2. The number of carboxylic acid groups (broad SMARTS) is 2. The van der Waals surface area contributed by atoms with Crippen LogP contribution in [0.4, 0.5) is 0 Å². The third kappa shape index (κ3) is 52.5. The number of rotatable bonds is 31. The van der Waals surface area contributed by atoms with Crippen LogP contribution in [0.3, 0.4) is 0 Å². The first-order chi connectivity index (χ1) is 19.9. The fraction of sp³-hybridized carbons (Fsp3) is 0.889. The molecule has 7 heteroatoms. The Hall–Kier alpha value is 0.640. The molecule has 0 amide bonds. The molecular weight excluding hydrogens is 558 g/mol. The van der Waals surface area contributed by atoms with Gasteiger partial charge in [-0.05, 0) is 51.4 Å². The van der Waals surface area contributed by atoms with Gasteiger partial charge in [-0.2, -0.15) is 0 Å². The molecule has 0 saturated heterocycles. The normalized spacial score (nSPS) is 11.3. The van der Waals surface area contributed by atoms with Crippen molar-refractivity contribution in [2.24, 2.45) is 0 Å². The molecule has 244 valence electrons. The summed E-state index contributed by atoms with van der Waals surface area (Å²) in [5.74, 6) is -1.84. The van der Waals surface area contributed by atoms with Crippen LogP contribution in [-0.4, -0.2) is 23.1 Å². The van der Waals surface area contributed by atoms with Crippen molar-refractivity contribution in [1.82, 2.24) is 0 Å². The predicted molar refractivity (Wildman–Crippen MR) is 170 cm³/mol. The van der Waals surface area contributed by atoms with Gasteiger partial charge in [0, 0.05) is 11.9 Å². The summed E-state index contributed by atoms with van der Waals surface area (Å²) in [6.07, 6.45) is 36.9. The number of aliphatic carboxylic acids is 2. The van der Waals surface area contributed by atoms with Crippen LogP contribution in [0.2, 0.25) is 0 Å². The van der Waals surface area contributed by atoms with E-state index in [1.807, 2.05) is 0 Å². The standard InChI is InChI=1S/C18H34O3.C18H36O2.2Na/c1-2-3-4-11-14-17(19)15-12-9-7-5-6-8-10-13-16-18(20)21;1-2-3-4-5-6-7-8-9-10-11-12-13-14-15-16-17-18(19)20;;/h9,12,17,19H,2-8,10-11,13-16H2,1H3,(H,20,21);2-17H2,1H3,(H,19,20);;/q;;2*+1/p-2/b12-9-;;;/t17-;;;/m1.../s1. The molecule has 0 aromatic heterocycles. The zero-order valence-corrected chi connectivity index (χ0v) is 33.3. The maximum atomic E-state index is 10.2.